The van der Waals surface area contributed by atoms with Crippen LogP contribution in [0.15, 0.2) is 63.2 Å². The minimum atomic E-state index is -3.46. The number of nitrogens with one attached hydrogen (secondary N) is 1. The first kappa shape index (κ1) is 15.9. The molecule has 0 fully saturated rings. The lowest BCUT2D eigenvalue weighted by Gasteiger charge is -2.10. The van der Waals surface area contributed by atoms with E-state index < -0.39 is 10.0 Å². The van der Waals surface area contributed by atoms with Crippen LogP contribution in [0.1, 0.15) is 13.8 Å². The number of hydrogen-bond donors (Lipinski definition) is 2. The molecular weight excluding hydrogens is 306 g/mol. The summed E-state index contributed by atoms with van der Waals surface area (Å²) >= 11 is 1.46. The summed E-state index contributed by atoms with van der Waals surface area (Å²) in [6, 6.07) is 13.4. The van der Waals surface area contributed by atoms with Gasteiger partial charge < -0.3 is 5.11 Å². The van der Waals surface area contributed by atoms with E-state index in [4.69, 9.17) is 0 Å². The summed E-state index contributed by atoms with van der Waals surface area (Å²) < 4.78 is 26.6. The van der Waals surface area contributed by atoms with Crippen LogP contribution in [0.3, 0.4) is 0 Å². The van der Waals surface area contributed by atoms with Gasteiger partial charge in [0.2, 0.25) is 10.0 Å². The van der Waals surface area contributed by atoms with Gasteiger partial charge in [-0.05, 0) is 56.3 Å². The van der Waals surface area contributed by atoms with Crippen LogP contribution in [0.25, 0.3) is 0 Å². The average molecular weight is 323 g/mol. The van der Waals surface area contributed by atoms with E-state index in [-0.39, 0.29) is 16.7 Å². The summed E-state index contributed by atoms with van der Waals surface area (Å²) in [5, 5.41) is 9.42. The number of phenolic OH excluding ortho intramolecular Hbond substituents is 1. The summed E-state index contributed by atoms with van der Waals surface area (Å²) in [4.78, 5) is 2.05. The molecule has 2 rings (SSSR count). The van der Waals surface area contributed by atoms with Gasteiger partial charge in [0.15, 0.2) is 0 Å². The van der Waals surface area contributed by atoms with Crippen molar-refractivity contribution in [3.63, 3.8) is 0 Å². The first-order valence-electron chi connectivity index (χ1n) is 6.46. The molecule has 0 saturated heterocycles. The van der Waals surface area contributed by atoms with Crippen molar-refractivity contribution in [2.75, 3.05) is 0 Å². The molecule has 2 N–H and O–H groups in total. The maximum atomic E-state index is 12.0. The van der Waals surface area contributed by atoms with Crippen molar-refractivity contribution < 1.29 is 13.5 Å². The van der Waals surface area contributed by atoms with Crippen LogP contribution in [-0.2, 0) is 10.0 Å². The van der Waals surface area contributed by atoms with Gasteiger partial charge >= 0.3 is 0 Å². The Morgan fingerprint density at radius 3 is 2.29 bits per heavy atom. The molecule has 0 amide bonds. The van der Waals surface area contributed by atoms with E-state index in [0.717, 1.165) is 9.79 Å². The Balaban J connectivity index is 2.16. The summed E-state index contributed by atoms with van der Waals surface area (Å²) in [5.41, 5.74) is 0. The van der Waals surface area contributed by atoms with E-state index in [1.54, 1.807) is 56.3 Å². The van der Waals surface area contributed by atoms with Gasteiger partial charge in [0.25, 0.3) is 0 Å². The average Bonchev–Trinajstić information content (AvgIpc) is 2.38. The first-order valence-corrected chi connectivity index (χ1v) is 8.76. The molecule has 0 heterocycles. The van der Waals surface area contributed by atoms with Crippen molar-refractivity contribution in [1.29, 1.82) is 0 Å². The van der Waals surface area contributed by atoms with Crippen LogP contribution < -0.4 is 4.72 Å². The van der Waals surface area contributed by atoms with E-state index in [1.807, 2.05) is 6.07 Å². The van der Waals surface area contributed by atoms with Crippen LogP contribution in [0, 0.1) is 0 Å². The third-order valence-corrected chi connectivity index (χ3v) is 5.25. The van der Waals surface area contributed by atoms with Crippen molar-refractivity contribution in [2.45, 2.75) is 34.6 Å². The minimum absolute atomic E-state index is 0.142. The fourth-order valence-electron chi connectivity index (χ4n) is 1.75. The Kier molecular flexibility index (Phi) is 4.92. The third kappa shape index (κ3) is 4.49. The zero-order chi connectivity index (χ0) is 15.5. The maximum absolute atomic E-state index is 12.0. The van der Waals surface area contributed by atoms with Crippen molar-refractivity contribution in [3.8, 4) is 5.75 Å². The van der Waals surface area contributed by atoms with Gasteiger partial charge in [-0.3, -0.25) is 0 Å². The lowest BCUT2D eigenvalue weighted by molar-refractivity contribution is 0.474. The lowest BCUT2D eigenvalue weighted by atomic mass is 10.3. The van der Waals surface area contributed by atoms with Crippen molar-refractivity contribution in [3.05, 3.63) is 48.5 Å². The standard InChI is InChI=1S/C15H17NO3S2/c1-11(2)16-21(18,19)15-8-6-13(7-9-15)20-14-5-3-4-12(17)10-14/h3-11,16-17H,1-2H3. The van der Waals surface area contributed by atoms with Gasteiger partial charge in [-0.2, -0.15) is 0 Å². The molecule has 112 valence electrons. The Hall–Kier alpha value is -1.50. The fourth-order valence-corrected chi connectivity index (χ4v) is 3.87. The largest absolute Gasteiger partial charge is 0.508 e. The topological polar surface area (TPSA) is 66.4 Å². The molecule has 0 bridgehead atoms. The summed E-state index contributed by atoms with van der Waals surface area (Å²) in [6.45, 7) is 3.56. The Morgan fingerprint density at radius 2 is 1.71 bits per heavy atom. The highest BCUT2D eigenvalue weighted by Crippen LogP contribution is 2.30. The van der Waals surface area contributed by atoms with E-state index in [9.17, 15) is 13.5 Å². The summed E-state index contributed by atoms with van der Waals surface area (Å²) in [5.74, 6) is 0.209. The number of benzene rings is 2. The van der Waals surface area contributed by atoms with Crippen molar-refractivity contribution in [2.24, 2.45) is 0 Å². The maximum Gasteiger partial charge on any atom is 0.240 e. The zero-order valence-corrected chi connectivity index (χ0v) is 13.4. The number of rotatable bonds is 5. The molecular formula is C15H17NO3S2. The molecule has 4 nitrogen and oxygen atoms in total. The van der Waals surface area contributed by atoms with Gasteiger partial charge in [-0.25, -0.2) is 13.1 Å². The molecule has 0 aliphatic carbocycles. The fraction of sp³-hybridized carbons (Fsp3) is 0.200. The molecule has 2 aromatic rings. The molecule has 0 unspecified atom stereocenters. The van der Waals surface area contributed by atoms with Crippen LogP contribution in [0.4, 0.5) is 0 Å². The highest BCUT2D eigenvalue weighted by atomic mass is 32.2. The van der Waals surface area contributed by atoms with Gasteiger partial charge in [-0.15, -0.1) is 0 Å². The van der Waals surface area contributed by atoms with E-state index in [2.05, 4.69) is 4.72 Å². The smallest absolute Gasteiger partial charge is 0.240 e. The molecule has 2 aromatic carbocycles. The normalized spacial score (nSPS) is 11.8. The quantitative estimate of drug-likeness (QED) is 0.886. The molecule has 0 aliphatic heterocycles. The molecule has 0 aliphatic rings. The Labute approximate surface area is 129 Å². The second-order valence-electron chi connectivity index (χ2n) is 4.85. The highest BCUT2D eigenvalue weighted by molar-refractivity contribution is 7.99. The van der Waals surface area contributed by atoms with E-state index in [1.165, 1.54) is 11.8 Å². The molecule has 0 aromatic heterocycles. The van der Waals surface area contributed by atoms with Crippen LogP contribution >= 0.6 is 11.8 Å². The number of sulfonamides is 1. The Morgan fingerprint density at radius 1 is 1.05 bits per heavy atom. The van der Waals surface area contributed by atoms with Crippen LogP contribution in [-0.4, -0.2) is 19.6 Å². The molecule has 0 spiro atoms. The first-order chi connectivity index (χ1) is 9.87. The predicted molar refractivity (Wildman–Crippen MR) is 84.1 cm³/mol. The summed E-state index contributed by atoms with van der Waals surface area (Å²) in [6.07, 6.45) is 0. The molecule has 0 atom stereocenters. The third-order valence-electron chi connectivity index (χ3n) is 2.58. The second kappa shape index (κ2) is 6.51. The molecule has 0 radical (unpaired) electrons. The van der Waals surface area contributed by atoms with E-state index in [0.29, 0.717) is 0 Å². The van der Waals surface area contributed by atoms with Crippen molar-refractivity contribution in [1.82, 2.24) is 4.72 Å². The number of hydrogen-bond acceptors (Lipinski definition) is 4. The monoisotopic (exact) mass is 323 g/mol. The zero-order valence-electron chi connectivity index (χ0n) is 11.8. The number of aromatic hydroxyl groups is 1. The summed E-state index contributed by atoms with van der Waals surface area (Å²) in [7, 11) is -3.46. The molecule has 0 saturated carbocycles. The SMILES string of the molecule is CC(C)NS(=O)(=O)c1ccc(Sc2cccc(O)c2)cc1. The van der Waals surface area contributed by atoms with Gasteiger partial charge in [0.1, 0.15) is 5.75 Å². The minimum Gasteiger partial charge on any atom is -0.508 e. The van der Waals surface area contributed by atoms with Gasteiger partial charge in [0.05, 0.1) is 4.90 Å². The Bertz CT molecular complexity index is 710. The highest BCUT2D eigenvalue weighted by Gasteiger charge is 2.14. The second-order valence-corrected chi connectivity index (χ2v) is 7.71. The van der Waals surface area contributed by atoms with Crippen LogP contribution in [0.2, 0.25) is 0 Å². The predicted octanol–water partition coefficient (Wildman–Crippen LogP) is 3.23. The van der Waals surface area contributed by atoms with Crippen LogP contribution in [0.5, 0.6) is 5.75 Å². The van der Waals surface area contributed by atoms with Gasteiger partial charge in [0, 0.05) is 15.8 Å². The molecule has 21 heavy (non-hydrogen) atoms. The molecule has 6 heteroatoms. The van der Waals surface area contributed by atoms with Crippen molar-refractivity contribution >= 4 is 21.8 Å². The number of phenols is 1. The lowest BCUT2D eigenvalue weighted by Crippen LogP contribution is -2.30. The van der Waals surface area contributed by atoms with Gasteiger partial charge in [-0.1, -0.05) is 17.8 Å². The van der Waals surface area contributed by atoms with E-state index >= 15 is 0 Å².